The molecule has 5 unspecified atom stereocenters. The first-order valence-corrected chi connectivity index (χ1v) is 9.77. The molecule has 3 heteroatoms. The molecule has 5 atom stereocenters. The third-order valence-corrected chi connectivity index (χ3v) is 5.58. The number of rotatable bonds is 3. The summed E-state index contributed by atoms with van der Waals surface area (Å²) in [4.78, 5) is 2.74. The van der Waals surface area contributed by atoms with E-state index in [1.54, 1.807) is 0 Å². The molecule has 2 nitrogen and oxygen atoms in total. The Labute approximate surface area is 129 Å². The average Bonchev–Trinajstić information content (AvgIpc) is 2.49. The van der Waals surface area contributed by atoms with Crippen molar-refractivity contribution in [2.24, 2.45) is 11.8 Å². The zero-order valence-corrected chi connectivity index (χ0v) is 15.5. The van der Waals surface area contributed by atoms with Crippen molar-refractivity contribution in [2.75, 3.05) is 20.8 Å². The van der Waals surface area contributed by atoms with E-state index in [0.717, 1.165) is 23.9 Å². The van der Waals surface area contributed by atoms with Gasteiger partial charge in [0.1, 0.15) is 0 Å². The monoisotopic (exact) mass is 300 g/mol. The van der Waals surface area contributed by atoms with E-state index in [2.05, 4.69) is 47.4 Å². The van der Waals surface area contributed by atoms with E-state index in [0.29, 0.717) is 6.04 Å². The number of hydrogen-bond donors (Lipinski definition) is 1. The van der Waals surface area contributed by atoms with Crippen molar-refractivity contribution in [3.05, 3.63) is 0 Å². The second-order valence-electron chi connectivity index (χ2n) is 6.79. The van der Waals surface area contributed by atoms with Crippen LogP contribution in [-0.4, -0.2) is 43.8 Å². The predicted molar refractivity (Wildman–Crippen MR) is 94.5 cm³/mol. The van der Waals surface area contributed by atoms with E-state index in [-0.39, 0.29) is 0 Å². The Morgan fingerprint density at radius 1 is 0.900 bits per heavy atom. The van der Waals surface area contributed by atoms with Gasteiger partial charge < -0.3 is 5.32 Å². The Morgan fingerprint density at radius 2 is 1.45 bits per heavy atom. The second-order valence-corrected chi connectivity index (χ2v) is 6.79. The van der Waals surface area contributed by atoms with E-state index < -0.39 is 0 Å². The fourth-order valence-electron chi connectivity index (χ4n) is 4.62. The quantitative estimate of drug-likeness (QED) is 0.798. The van der Waals surface area contributed by atoms with Crippen molar-refractivity contribution >= 4 is 9.24 Å². The van der Waals surface area contributed by atoms with Crippen molar-refractivity contribution in [3.63, 3.8) is 0 Å². The molecule has 0 radical (unpaired) electrons. The lowest BCUT2D eigenvalue weighted by molar-refractivity contribution is 0.0302. The van der Waals surface area contributed by atoms with Crippen LogP contribution >= 0.6 is 9.24 Å². The lowest BCUT2D eigenvalue weighted by Crippen LogP contribution is -2.56. The van der Waals surface area contributed by atoms with Crippen molar-refractivity contribution in [3.8, 4) is 0 Å². The summed E-state index contributed by atoms with van der Waals surface area (Å²) in [6.07, 6.45) is 9.87. The standard InChI is InChI=1S/C16H32N2.CH5P/c1-12-8-7-9-13(2)16(12)18(4)15-11-6-5-10-14(15)17-3;1-2/h12-17H,5-11H2,1-4H3;2H2,1H3. The highest BCUT2D eigenvalue weighted by Crippen LogP contribution is 2.35. The normalized spacial score (nSPS) is 38.2. The zero-order valence-electron chi connectivity index (χ0n) is 14.4. The van der Waals surface area contributed by atoms with Crippen LogP contribution in [0.1, 0.15) is 58.8 Å². The summed E-state index contributed by atoms with van der Waals surface area (Å²) in [5.41, 5.74) is 0. The maximum atomic E-state index is 3.56. The molecule has 0 aliphatic heterocycles. The van der Waals surface area contributed by atoms with Gasteiger partial charge in [0.05, 0.1) is 0 Å². The van der Waals surface area contributed by atoms with Crippen molar-refractivity contribution in [2.45, 2.75) is 76.9 Å². The highest BCUT2D eigenvalue weighted by Gasteiger charge is 2.37. The van der Waals surface area contributed by atoms with Crippen molar-refractivity contribution < 1.29 is 0 Å². The molecule has 1 N–H and O–H groups in total. The largest absolute Gasteiger partial charge is 0.315 e. The fourth-order valence-corrected chi connectivity index (χ4v) is 4.62. The van der Waals surface area contributed by atoms with Gasteiger partial charge in [0.2, 0.25) is 0 Å². The van der Waals surface area contributed by atoms with Crippen LogP contribution in [0.5, 0.6) is 0 Å². The van der Waals surface area contributed by atoms with Gasteiger partial charge in [-0.15, -0.1) is 9.24 Å². The minimum absolute atomic E-state index is 0.713. The Kier molecular flexibility index (Phi) is 8.63. The molecule has 2 fully saturated rings. The topological polar surface area (TPSA) is 15.3 Å². The van der Waals surface area contributed by atoms with E-state index in [1.165, 1.54) is 44.9 Å². The fraction of sp³-hybridized carbons (Fsp3) is 1.00. The van der Waals surface area contributed by atoms with Gasteiger partial charge in [0.15, 0.2) is 0 Å². The van der Waals surface area contributed by atoms with Crippen LogP contribution in [0.25, 0.3) is 0 Å². The second kappa shape index (κ2) is 9.38. The number of likely N-dealkylation sites (N-methyl/N-ethyl adjacent to an activating group) is 2. The maximum absolute atomic E-state index is 3.56. The minimum Gasteiger partial charge on any atom is -0.315 e. The molecule has 0 amide bonds. The lowest BCUT2D eigenvalue weighted by atomic mass is 9.76. The molecule has 0 aromatic rings. The molecule has 0 bridgehead atoms. The van der Waals surface area contributed by atoms with E-state index in [1.807, 2.05) is 6.66 Å². The molecule has 120 valence electrons. The molecule has 2 aliphatic carbocycles. The Hall–Kier alpha value is 0.350. The van der Waals surface area contributed by atoms with Gasteiger partial charge in [0.25, 0.3) is 0 Å². The Balaban J connectivity index is 0.000000956. The first-order valence-electron chi connectivity index (χ1n) is 8.62. The van der Waals surface area contributed by atoms with Crippen LogP contribution < -0.4 is 5.32 Å². The zero-order chi connectivity index (χ0) is 15.1. The summed E-state index contributed by atoms with van der Waals surface area (Å²) >= 11 is 0. The summed E-state index contributed by atoms with van der Waals surface area (Å²) in [5.74, 6) is 1.75. The predicted octanol–water partition coefficient (Wildman–Crippen LogP) is 3.76. The third kappa shape index (κ3) is 4.42. The van der Waals surface area contributed by atoms with Crippen LogP contribution in [0, 0.1) is 11.8 Å². The molecular formula is C17H37N2P. The smallest absolute Gasteiger partial charge is 0.0249 e. The van der Waals surface area contributed by atoms with Gasteiger partial charge in [-0.3, -0.25) is 4.90 Å². The first kappa shape index (κ1) is 18.4. The first-order chi connectivity index (χ1) is 9.65. The van der Waals surface area contributed by atoms with Crippen LogP contribution in [0.2, 0.25) is 0 Å². The van der Waals surface area contributed by atoms with Crippen molar-refractivity contribution in [1.82, 2.24) is 10.2 Å². The molecule has 2 saturated carbocycles. The minimum atomic E-state index is 0.713. The summed E-state index contributed by atoms with van der Waals surface area (Å²) < 4.78 is 0. The summed E-state index contributed by atoms with van der Waals surface area (Å²) in [5, 5.41) is 3.56. The average molecular weight is 300 g/mol. The highest BCUT2D eigenvalue weighted by molar-refractivity contribution is 7.15. The molecule has 0 spiro atoms. The Bertz CT molecular complexity index is 249. The molecule has 0 heterocycles. The molecule has 2 aliphatic rings. The SMILES string of the molecule is CNC1CCCCC1N(C)C1C(C)CCCC1C.CP. The van der Waals surface area contributed by atoms with E-state index in [4.69, 9.17) is 0 Å². The highest BCUT2D eigenvalue weighted by atomic mass is 31.0. The van der Waals surface area contributed by atoms with Gasteiger partial charge in [0, 0.05) is 18.1 Å². The van der Waals surface area contributed by atoms with Crippen LogP contribution in [0.4, 0.5) is 0 Å². The van der Waals surface area contributed by atoms with Gasteiger partial charge in [-0.25, -0.2) is 0 Å². The van der Waals surface area contributed by atoms with Crippen LogP contribution in [0.15, 0.2) is 0 Å². The molecule has 0 aromatic heterocycles. The summed E-state index contributed by atoms with van der Waals surface area (Å²) in [6.45, 7) is 6.85. The molecular weight excluding hydrogens is 263 g/mol. The summed E-state index contributed by atoms with van der Waals surface area (Å²) in [7, 11) is 6.95. The van der Waals surface area contributed by atoms with Crippen LogP contribution in [-0.2, 0) is 0 Å². The van der Waals surface area contributed by atoms with Gasteiger partial charge in [-0.2, -0.15) is 0 Å². The number of nitrogens with one attached hydrogen (secondary N) is 1. The van der Waals surface area contributed by atoms with E-state index >= 15 is 0 Å². The summed E-state index contributed by atoms with van der Waals surface area (Å²) in [6, 6.07) is 2.28. The third-order valence-electron chi connectivity index (χ3n) is 5.58. The molecule has 20 heavy (non-hydrogen) atoms. The van der Waals surface area contributed by atoms with Gasteiger partial charge >= 0.3 is 0 Å². The maximum Gasteiger partial charge on any atom is 0.0249 e. The number of hydrogen-bond acceptors (Lipinski definition) is 2. The van der Waals surface area contributed by atoms with Gasteiger partial charge in [-0.05, 0) is 51.6 Å². The van der Waals surface area contributed by atoms with Crippen molar-refractivity contribution in [1.29, 1.82) is 0 Å². The van der Waals surface area contributed by atoms with Gasteiger partial charge in [-0.1, -0.05) is 39.8 Å². The molecule has 2 rings (SSSR count). The molecule has 0 aromatic carbocycles. The lowest BCUT2D eigenvalue weighted by Gasteiger charge is -2.47. The Morgan fingerprint density at radius 3 is 2.00 bits per heavy atom. The van der Waals surface area contributed by atoms with E-state index in [9.17, 15) is 0 Å². The van der Waals surface area contributed by atoms with Crippen LogP contribution in [0.3, 0.4) is 0 Å². The molecule has 0 saturated heterocycles. The number of nitrogens with zero attached hydrogens (tertiary/aromatic N) is 1.